The maximum atomic E-state index is 11.4. The minimum absolute atomic E-state index is 0.0245. The first-order valence-corrected chi connectivity index (χ1v) is 6.55. The molecule has 1 atom stereocenters. The maximum Gasteiger partial charge on any atom is 0.267 e. The molecule has 1 aromatic heterocycles. The van der Waals surface area contributed by atoms with Gasteiger partial charge in [-0.05, 0) is 40.5 Å². The molecular weight excluding hydrogens is 310 g/mol. The molecular formula is C13H14BrN3O2. The Morgan fingerprint density at radius 1 is 1.37 bits per heavy atom. The molecule has 1 unspecified atom stereocenters. The zero-order valence-electron chi connectivity index (χ0n) is 10.6. The first kappa shape index (κ1) is 13.6. The van der Waals surface area contributed by atoms with Gasteiger partial charge in [0.05, 0.1) is 13.4 Å². The molecule has 2 rings (SSSR count). The molecule has 1 heterocycles. The van der Waals surface area contributed by atoms with E-state index in [0.29, 0.717) is 10.3 Å². The lowest BCUT2D eigenvalue weighted by Crippen LogP contribution is -2.14. The maximum absolute atomic E-state index is 11.4. The number of halogens is 1. The van der Waals surface area contributed by atoms with Crippen LogP contribution in [0.3, 0.4) is 0 Å². The number of aromatic nitrogens is 2. The molecule has 6 heteroatoms. The molecule has 0 saturated carbocycles. The summed E-state index contributed by atoms with van der Waals surface area (Å²) >= 11 is 3.22. The van der Waals surface area contributed by atoms with E-state index in [1.165, 1.54) is 6.33 Å². The van der Waals surface area contributed by atoms with Crippen LogP contribution in [0.25, 0.3) is 0 Å². The van der Waals surface area contributed by atoms with Gasteiger partial charge in [-0.3, -0.25) is 4.79 Å². The molecule has 0 spiro atoms. The number of aromatic amines is 1. The van der Waals surface area contributed by atoms with Crippen LogP contribution < -0.4 is 15.6 Å². The largest absolute Gasteiger partial charge is 0.497 e. The second-order valence-electron chi connectivity index (χ2n) is 4.03. The third kappa shape index (κ3) is 3.14. The van der Waals surface area contributed by atoms with Gasteiger partial charge in [0.1, 0.15) is 16.0 Å². The third-order valence-electron chi connectivity index (χ3n) is 2.77. The molecule has 2 aromatic rings. The average molecular weight is 324 g/mol. The molecule has 0 amide bonds. The van der Waals surface area contributed by atoms with E-state index in [0.717, 1.165) is 11.3 Å². The van der Waals surface area contributed by atoms with E-state index in [9.17, 15) is 4.79 Å². The van der Waals surface area contributed by atoms with Gasteiger partial charge in [0.2, 0.25) is 0 Å². The summed E-state index contributed by atoms with van der Waals surface area (Å²) in [5.41, 5.74) is 0.870. The molecule has 0 saturated heterocycles. The summed E-state index contributed by atoms with van der Waals surface area (Å²) in [6.07, 6.45) is 1.37. The van der Waals surface area contributed by atoms with E-state index in [4.69, 9.17) is 4.74 Å². The fourth-order valence-corrected chi connectivity index (χ4v) is 2.00. The van der Waals surface area contributed by atoms with Crippen molar-refractivity contribution in [3.05, 3.63) is 51.0 Å². The van der Waals surface area contributed by atoms with Crippen LogP contribution in [-0.2, 0) is 0 Å². The molecule has 2 N–H and O–H groups in total. The number of ether oxygens (including phenoxy) is 1. The summed E-state index contributed by atoms with van der Waals surface area (Å²) in [5, 5.41) is 3.19. The number of hydrogen-bond donors (Lipinski definition) is 2. The van der Waals surface area contributed by atoms with Gasteiger partial charge in [-0.1, -0.05) is 12.1 Å². The molecule has 5 nitrogen and oxygen atoms in total. The van der Waals surface area contributed by atoms with Crippen molar-refractivity contribution in [2.75, 3.05) is 12.4 Å². The molecule has 0 fully saturated rings. The Kier molecular flexibility index (Phi) is 4.21. The number of nitrogens with zero attached hydrogens (tertiary/aromatic N) is 1. The van der Waals surface area contributed by atoms with Crippen LogP contribution in [0.15, 0.2) is 39.9 Å². The van der Waals surface area contributed by atoms with Crippen molar-refractivity contribution < 1.29 is 4.74 Å². The zero-order chi connectivity index (χ0) is 13.8. The number of anilines is 1. The standard InChI is InChI=1S/C13H14BrN3O2/c1-8(9-3-5-10(19-2)6-4-9)17-12-11(14)13(18)16-7-15-12/h3-8H,1-2H3,(H2,15,16,17,18). The highest BCUT2D eigenvalue weighted by Gasteiger charge is 2.10. The summed E-state index contributed by atoms with van der Waals surface area (Å²) in [7, 11) is 1.63. The van der Waals surface area contributed by atoms with Crippen LogP contribution >= 0.6 is 15.9 Å². The van der Waals surface area contributed by atoms with Gasteiger partial charge in [0.25, 0.3) is 5.56 Å². The fraction of sp³-hybridized carbons (Fsp3) is 0.231. The quantitative estimate of drug-likeness (QED) is 0.907. The molecule has 0 aliphatic heterocycles. The van der Waals surface area contributed by atoms with Gasteiger partial charge in [0, 0.05) is 6.04 Å². The van der Waals surface area contributed by atoms with Crippen LogP contribution in [0.5, 0.6) is 5.75 Å². The topological polar surface area (TPSA) is 67.0 Å². The summed E-state index contributed by atoms with van der Waals surface area (Å²) in [6, 6.07) is 7.76. The SMILES string of the molecule is COc1ccc(C(C)Nc2nc[nH]c(=O)c2Br)cc1. The van der Waals surface area contributed by atoms with Crippen molar-refractivity contribution in [1.29, 1.82) is 0 Å². The molecule has 0 aliphatic carbocycles. The number of nitrogens with one attached hydrogen (secondary N) is 2. The van der Waals surface area contributed by atoms with Gasteiger partial charge in [0.15, 0.2) is 0 Å². The summed E-state index contributed by atoms with van der Waals surface area (Å²) < 4.78 is 5.51. The van der Waals surface area contributed by atoms with Gasteiger partial charge in [-0.25, -0.2) is 4.98 Å². The van der Waals surface area contributed by atoms with Crippen LogP contribution in [0.4, 0.5) is 5.82 Å². The Bertz CT molecular complexity index is 610. The molecule has 1 aromatic carbocycles. The van der Waals surface area contributed by atoms with Gasteiger partial charge >= 0.3 is 0 Å². The van der Waals surface area contributed by atoms with Crippen molar-refractivity contribution in [3.8, 4) is 5.75 Å². The van der Waals surface area contributed by atoms with Crippen LogP contribution in [0, 0.1) is 0 Å². The van der Waals surface area contributed by atoms with Crippen molar-refractivity contribution >= 4 is 21.7 Å². The van der Waals surface area contributed by atoms with E-state index >= 15 is 0 Å². The van der Waals surface area contributed by atoms with E-state index in [1.54, 1.807) is 7.11 Å². The Balaban J connectivity index is 2.18. The normalized spacial score (nSPS) is 11.9. The van der Waals surface area contributed by atoms with Gasteiger partial charge in [-0.15, -0.1) is 0 Å². The number of H-pyrrole nitrogens is 1. The Morgan fingerprint density at radius 2 is 2.05 bits per heavy atom. The highest BCUT2D eigenvalue weighted by Crippen LogP contribution is 2.23. The van der Waals surface area contributed by atoms with Crippen molar-refractivity contribution in [1.82, 2.24) is 9.97 Å². The first-order valence-electron chi connectivity index (χ1n) is 5.75. The highest BCUT2D eigenvalue weighted by atomic mass is 79.9. The summed E-state index contributed by atoms with van der Waals surface area (Å²) in [6.45, 7) is 2.00. The lowest BCUT2D eigenvalue weighted by atomic mass is 10.1. The smallest absolute Gasteiger partial charge is 0.267 e. The number of hydrogen-bond acceptors (Lipinski definition) is 4. The molecule has 0 aliphatic rings. The Morgan fingerprint density at radius 3 is 2.68 bits per heavy atom. The monoisotopic (exact) mass is 323 g/mol. The van der Waals surface area contributed by atoms with Crippen molar-refractivity contribution in [2.24, 2.45) is 0 Å². The van der Waals surface area contributed by atoms with Crippen molar-refractivity contribution in [3.63, 3.8) is 0 Å². The van der Waals surface area contributed by atoms with Gasteiger partial charge < -0.3 is 15.0 Å². The van der Waals surface area contributed by atoms with Crippen LogP contribution in [0.2, 0.25) is 0 Å². The Hall–Kier alpha value is -1.82. The zero-order valence-corrected chi connectivity index (χ0v) is 12.2. The predicted molar refractivity (Wildman–Crippen MR) is 77.6 cm³/mol. The van der Waals surface area contributed by atoms with E-state index in [1.807, 2.05) is 31.2 Å². The second kappa shape index (κ2) is 5.88. The first-order chi connectivity index (χ1) is 9.11. The van der Waals surface area contributed by atoms with E-state index in [-0.39, 0.29) is 11.6 Å². The van der Waals surface area contributed by atoms with Crippen molar-refractivity contribution in [2.45, 2.75) is 13.0 Å². The highest BCUT2D eigenvalue weighted by molar-refractivity contribution is 9.10. The number of rotatable bonds is 4. The van der Waals surface area contributed by atoms with E-state index < -0.39 is 0 Å². The fourth-order valence-electron chi connectivity index (χ4n) is 1.66. The number of methoxy groups -OCH3 is 1. The summed E-state index contributed by atoms with van der Waals surface area (Å²) in [4.78, 5) is 18.0. The molecule has 19 heavy (non-hydrogen) atoms. The Labute approximate surface area is 119 Å². The molecule has 0 radical (unpaired) electrons. The third-order valence-corrected chi connectivity index (χ3v) is 3.50. The minimum Gasteiger partial charge on any atom is -0.497 e. The lowest BCUT2D eigenvalue weighted by molar-refractivity contribution is 0.414. The number of benzene rings is 1. The van der Waals surface area contributed by atoms with Gasteiger partial charge in [-0.2, -0.15) is 0 Å². The van der Waals surface area contributed by atoms with Crippen LogP contribution in [0.1, 0.15) is 18.5 Å². The summed E-state index contributed by atoms with van der Waals surface area (Å²) in [5.74, 6) is 1.33. The average Bonchev–Trinajstić information content (AvgIpc) is 2.44. The lowest BCUT2D eigenvalue weighted by Gasteiger charge is -2.15. The molecule has 100 valence electrons. The van der Waals surface area contributed by atoms with E-state index in [2.05, 4.69) is 31.2 Å². The molecule has 0 bridgehead atoms. The second-order valence-corrected chi connectivity index (χ2v) is 4.83. The van der Waals surface area contributed by atoms with Crippen LogP contribution in [-0.4, -0.2) is 17.1 Å². The minimum atomic E-state index is -0.209. The predicted octanol–water partition coefficient (Wildman–Crippen LogP) is 2.71.